The van der Waals surface area contributed by atoms with E-state index in [1.54, 1.807) is 17.0 Å². The molecule has 0 saturated heterocycles. The van der Waals surface area contributed by atoms with E-state index in [0.717, 1.165) is 46.7 Å². The minimum absolute atomic E-state index is 0.0785. The van der Waals surface area contributed by atoms with E-state index in [0.29, 0.717) is 11.6 Å². The number of halogens is 1. The van der Waals surface area contributed by atoms with E-state index in [2.05, 4.69) is 36.2 Å². The highest BCUT2D eigenvalue weighted by atomic mass is 35.5. The van der Waals surface area contributed by atoms with Gasteiger partial charge in [0.2, 0.25) is 5.91 Å². The lowest BCUT2D eigenvalue weighted by atomic mass is 9.87. The van der Waals surface area contributed by atoms with Gasteiger partial charge in [-0.3, -0.25) is 9.69 Å². The van der Waals surface area contributed by atoms with Crippen molar-refractivity contribution in [3.63, 3.8) is 0 Å². The normalized spacial score (nSPS) is 20.6. The Morgan fingerprint density at radius 1 is 1.12 bits per heavy atom. The summed E-state index contributed by atoms with van der Waals surface area (Å²) >= 11 is 6.13. The van der Waals surface area contributed by atoms with Crippen LogP contribution in [0.5, 0.6) is 5.75 Å². The molecule has 1 atom stereocenters. The van der Waals surface area contributed by atoms with Crippen molar-refractivity contribution in [2.75, 3.05) is 18.1 Å². The molecule has 1 amide bonds. The van der Waals surface area contributed by atoms with Crippen molar-refractivity contribution in [3.05, 3.63) is 94.6 Å². The summed E-state index contributed by atoms with van der Waals surface area (Å²) in [5.41, 5.74) is 8.65. The number of ether oxygens (including phenoxy) is 1. The molecule has 0 aromatic heterocycles. The summed E-state index contributed by atoms with van der Waals surface area (Å²) in [7, 11) is 0. The van der Waals surface area contributed by atoms with Crippen LogP contribution in [0.1, 0.15) is 38.3 Å². The Morgan fingerprint density at radius 2 is 1.85 bits per heavy atom. The van der Waals surface area contributed by atoms with Crippen molar-refractivity contribution in [2.45, 2.75) is 32.7 Å². The molecular formula is C27H28ClN3O2. The van der Waals surface area contributed by atoms with E-state index in [1.165, 1.54) is 5.57 Å². The second-order valence-corrected chi connectivity index (χ2v) is 8.61. The molecule has 0 saturated carbocycles. The van der Waals surface area contributed by atoms with E-state index in [1.807, 2.05) is 43.3 Å². The molecule has 4 rings (SSSR count). The molecule has 1 N–H and O–H groups in total. The van der Waals surface area contributed by atoms with Crippen LogP contribution in [-0.2, 0) is 4.79 Å². The first-order valence-corrected chi connectivity index (χ1v) is 11.5. The molecule has 1 unspecified atom stereocenters. The fourth-order valence-corrected chi connectivity index (χ4v) is 4.27. The van der Waals surface area contributed by atoms with Gasteiger partial charge in [0, 0.05) is 16.3 Å². The van der Waals surface area contributed by atoms with Gasteiger partial charge in [-0.15, -0.1) is 0 Å². The van der Waals surface area contributed by atoms with Gasteiger partial charge in [0.05, 0.1) is 18.4 Å². The van der Waals surface area contributed by atoms with Gasteiger partial charge in [-0.1, -0.05) is 48.0 Å². The van der Waals surface area contributed by atoms with Crippen molar-refractivity contribution in [3.8, 4) is 5.75 Å². The molecule has 6 heteroatoms. The third-order valence-electron chi connectivity index (χ3n) is 5.86. The van der Waals surface area contributed by atoms with Crippen molar-refractivity contribution >= 4 is 28.9 Å². The molecule has 2 aliphatic rings. The zero-order valence-electron chi connectivity index (χ0n) is 19.0. The molecule has 2 aromatic carbocycles. The van der Waals surface area contributed by atoms with E-state index >= 15 is 0 Å². The monoisotopic (exact) mass is 461 g/mol. The number of carbonyl (C=O) groups excluding carboxylic acids is 1. The summed E-state index contributed by atoms with van der Waals surface area (Å²) < 4.78 is 5.62. The van der Waals surface area contributed by atoms with Crippen LogP contribution in [0.4, 0.5) is 5.69 Å². The smallest absolute Gasteiger partial charge is 0.248 e. The maximum absolute atomic E-state index is 13.3. The van der Waals surface area contributed by atoms with Crippen LogP contribution < -0.4 is 15.1 Å². The SMILES string of the molecule is C=C1/C(C2=CC=C(C)CC2)=N\NCC(=O)N(c2ccc(Cl)cc2)C1c1ccc(OCC)cc1. The molecule has 2 aromatic rings. The lowest BCUT2D eigenvalue weighted by Crippen LogP contribution is -2.44. The standard InChI is InChI=1S/C27H28ClN3O2/c1-4-33-24-15-9-21(10-16-24)27-19(3)26(20-7-5-18(2)6-8-20)30-29-17-25(32)31(27)23-13-11-22(28)12-14-23/h5,7,9-16,27,29H,3-4,6,8,17H2,1-2H3/b30-26+. The van der Waals surface area contributed by atoms with Gasteiger partial charge in [0.25, 0.3) is 0 Å². The Morgan fingerprint density at radius 3 is 2.48 bits per heavy atom. The predicted molar refractivity (Wildman–Crippen MR) is 135 cm³/mol. The number of rotatable bonds is 5. The number of hydrogen-bond donors (Lipinski definition) is 1. The number of anilines is 1. The summed E-state index contributed by atoms with van der Waals surface area (Å²) in [4.78, 5) is 15.1. The first-order chi connectivity index (χ1) is 16.0. The number of benzene rings is 2. The Labute approximate surface area is 200 Å². The lowest BCUT2D eigenvalue weighted by molar-refractivity contribution is -0.118. The molecule has 0 fully saturated rings. The summed E-state index contributed by atoms with van der Waals surface area (Å²) in [5, 5.41) is 5.22. The number of carbonyl (C=O) groups is 1. The second kappa shape index (κ2) is 10.1. The Hall–Kier alpha value is -3.31. The van der Waals surface area contributed by atoms with Gasteiger partial charge in [0.1, 0.15) is 12.3 Å². The minimum atomic E-state index is -0.428. The van der Waals surface area contributed by atoms with E-state index in [-0.39, 0.29) is 12.5 Å². The summed E-state index contributed by atoms with van der Waals surface area (Å²) in [6, 6.07) is 14.7. The number of allylic oxidation sites excluding steroid dienone is 4. The van der Waals surface area contributed by atoms with E-state index < -0.39 is 6.04 Å². The van der Waals surface area contributed by atoms with Gasteiger partial charge < -0.3 is 10.2 Å². The van der Waals surface area contributed by atoms with Crippen molar-refractivity contribution in [1.29, 1.82) is 0 Å². The third-order valence-corrected chi connectivity index (χ3v) is 6.11. The van der Waals surface area contributed by atoms with Gasteiger partial charge in [-0.25, -0.2) is 0 Å². The second-order valence-electron chi connectivity index (χ2n) is 8.17. The summed E-state index contributed by atoms with van der Waals surface area (Å²) in [6.45, 7) is 9.21. The van der Waals surface area contributed by atoms with E-state index in [9.17, 15) is 4.79 Å². The third kappa shape index (κ3) is 5.04. The van der Waals surface area contributed by atoms with Crippen LogP contribution in [0.2, 0.25) is 5.02 Å². The molecule has 1 aliphatic heterocycles. The van der Waals surface area contributed by atoms with Crippen LogP contribution in [0.15, 0.2) is 89.1 Å². The van der Waals surface area contributed by atoms with Crippen molar-refractivity contribution in [1.82, 2.24) is 5.43 Å². The van der Waals surface area contributed by atoms with Gasteiger partial charge in [-0.2, -0.15) is 5.10 Å². The van der Waals surface area contributed by atoms with Crippen LogP contribution in [0, 0.1) is 0 Å². The Bertz CT molecular complexity index is 1130. The number of nitrogens with one attached hydrogen (secondary N) is 1. The van der Waals surface area contributed by atoms with Crippen LogP contribution in [0.3, 0.4) is 0 Å². The maximum atomic E-state index is 13.3. The van der Waals surface area contributed by atoms with Crippen LogP contribution in [-0.4, -0.2) is 24.8 Å². The Kier molecular flexibility index (Phi) is 6.99. The molecule has 33 heavy (non-hydrogen) atoms. The zero-order chi connectivity index (χ0) is 23.4. The molecule has 1 heterocycles. The average molecular weight is 462 g/mol. The maximum Gasteiger partial charge on any atom is 0.248 e. The zero-order valence-corrected chi connectivity index (χ0v) is 19.7. The van der Waals surface area contributed by atoms with E-state index in [4.69, 9.17) is 16.3 Å². The molecule has 0 bridgehead atoms. The largest absolute Gasteiger partial charge is 0.494 e. The highest BCUT2D eigenvalue weighted by molar-refractivity contribution is 6.30. The molecular weight excluding hydrogens is 434 g/mol. The first-order valence-electron chi connectivity index (χ1n) is 11.1. The number of hydrogen-bond acceptors (Lipinski definition) is 4. The van der Waals surface area contributed by atoms with Crippen molar-refractivity contribution in [2.24, 2.45) is 5.10 Å². The molecule has 170 valence electrons. The molecule has 0 spiro atoms. The van der Waals surface area contributed by atoms with Crippen molar-refractivity contribution < 1.29 is 9.53 Å². The fraction of sp³-hybridized carbons (Fsp3) is 0.259. The number of amides is 1. The van der Waals surface area contributed by atoms with Gasteiger partial charge in [-0.05, 0) is 74.2 Å². The quantitative estimate of drug-likeness (QED) is 0.594. The predicted octanol–water partition coefficient (Wildman–Crippen LogP) is 5.99. The highest BCUT2D eigenvalue weighted by Crippen LogP contribution is 2.37. The molecule has 5 nitrogen and oxygen atoms in total. The van der Waals surface area contributed by atoms with Crippen LogP contribution in [0.25, 0.3) is 0 Å². The summed E-state index contributed by atoms with van der Waals surface area (Å²) in [6.07, 6.45) is 6.09. The molecule has 1 aliphatic carbocycles. The number of nitrogens with zero attached hydrogens (tertiary/aromatic N) is 2. The average Bonchev–Trinajstić information content (AvgIpc) is 2.81. The Balaban J connectivity index is 1.83. The lowest BCUT2D eigenvalue weighted by Gasteiger charge is -2.36. The first kappa shape index (κ1) is 22.9. The topological polar surface area (TPSA) is 53.9 Å². The fourth-order valence-electron chi connectivity index (χ4n) is 4.15. The minimum Gasteiger partial charge on any atom is -0.494 e. The van der Waals surface area contributed by atoms with Crippen LogP contribution >= 0.6 is 11.6 Å². The molecule has 0 radical (unpaired) electrons. The van der Waals surface area contributed by atoms with Gasteiger partial charge >= 0.3 is 0 Å². The van der Waals surface area contributed by atoms with Gasteiger partial charge in [0.15, 0.2) is 0 Å². The summed E-state index contributed by atoms with van der Waals surface area (Å²) in [5.74, 6) is 0.682. The number of hydrazone groups is 1. The highest BCUT2D eigenvalue weighted by Gasteiger charge is 2.33.